The molecule has 2 rings (SSSR count). The second-order valence-corrected chi connectivity index (χ2v) is 11.0. The lowest BCUT2D eigenvalue weighted by Gasteiger charge is -2.41. The van der Waals surface area contributed by atoms with Gasteiger partial charge in [-0.3, -0.25) is 0 Å². The van der Waals surface area contributed by atoms with E-state index < -0.39 is 35.9 Å². The molecule has 1 aliphatic rings. The SMILES string of the molecule is C/C(=C\c1csc(C)n1)[C@@H]1C/C=C\CC[C@H](C)[C@H](O)[C@@H](C)C(O)C(C)(C)[C@@H](O)CC(O)O1. The van der Waals surface area contributed by atoms with Gasteiger partial charge >= 0.3 is 0 Å². The molecule has 1 aliphatic heterocycles. The average Bonchev–Trinajstić information content (AvgIpc) is 3.14. The molecule has 182 valence electrons. The molecular weight excluding hydrogens is 426 g/mol. The van der Waals surface area contributed by atoms with Crippen molar-refractivity contribution in [2.75, 3.05) is 0 Å². The molecule has 0 amide bonds. The van der Waals surface area contributed by atoms with Crippen LogP contribution in [0.5, 0.6) is 0 Å². The number of aliphatic hydroxyl groups excluding tert-OH is 4. The molecule has 7 heteroatoms. The van der Waals surface area contributed by atoms with E-state index in [1.165, 1.54) is 0 Å². The van der Waals surface area contributed by atoms with Crippen molar-refractivity contribution in [1.82, 2.24) is 4.98 Å². The zero-order chi connectivity index (χ0) is 24.1. The van der Waals surface area contributed by atoms with E-state index in [-0.39, 0.29) is 18.4 Å². The Bertz CT molecular complexity index is 774. The first kappa shape index (κ1) is 27.2. The standard InChI is InChI=1S/C25H41NO5S/c1-15-10-8-7-9-11-20(16(2)12-19-14-32-18(4)26-19)31-22(28)13-21(27)25(5,6)24(30)17(3)23(15)29/h7,9,12,14-15,17,20-24,27-30H,8,10-11,13H2,1-6H3/b9-7-,16-12+/t15-,17+,20-,21-,22?,23-,24?/m0/s1. The fourth-order valence-corrected chi connectivity index (χ4v) is 4.88. The number of hydrogen-bond acceptors (Lipinski definition) is 7. The van der Waals surface area contributed by atoms with Gasteiger partial charge in [0, 0.05) is 23.1 Å². The van der Waals surface area contributed by atoms with Crippen molar-refractivity contribution in [1.29, 1.82) is 0 Å². The molecule has 0 saturated carbocycles. The number of aryl methyl sites for hydroxylation is 1. The van der Waals surface area contributed by atoms with Gasteiger partial charge in [0.15, 0.2) is 6.29 Å². The summed E-state index contributed by atoms with van der Waals surface area (Å²) in [5, 5.41) is 46.2. The monoisotopic (exact) mass is 467 g/mol. The van der Waals surface area contributed by atoms with Gasteiger partial charge in [0.1, 0.15) is 0 Å². The first-order chi connectivity index (χ1) is 14.9. The van der Waals surface area contributed by atoms with Gasteiger partial charge in [-0.25, -0.2) is 4.98 Å². The second kappa shape index (κ2) is 11.9. The first-order valence-electron chi connectivity index (χ1n) is 11.6. The molecule has 0 spiro atoms. The summed E-state index contributed by atoms with van der Waals surface area (Å²) in [4.78, 5) is 4.48. The van der Waals surface area contributed by atoms with Gasteiger partial charge in [0.2, 0.25) is 0 Å². The third-order valence-corrected chi connectivity index (χ3v) is 7.60. The molecule has 0 bridgehead atoms. The topological polar surface area (TPSA) is 103 Å². The molecule has 0 aliphatic carbocycles. The zero-order valence-corrected chi connectivity index (χ0v) is 21.0. The van der Waals surface area contributed by atoms with Gasteiger partial charge in [0.25, 0.3) is 0 Å². The van der Waals surface area contributed by atoms with E-state index in [1.807, 2.05) is 45.2 Å². The molecule has 0 saturated heterocycles. The number of allylic oxidation sites excluding steroid dienone is 1. The Morgan fingerprint density at radius 3 is 2.50 bits per heavy atom. The minimum Gasteiger partial charge on any atom is -0.392 e. The van der Waals surface area contributed by atoms with Crippen LogP contribution in [0.15, 0.2) is 23.1 Å². The number of thiazole rings is 1. The van der Waals surface area contributed by atoms with E-state index in [0.29, 0.717) is 6.42 Å². The van der Waals surface area contributed by atoms with Gasteiger partial charge in [-0.15, -0.1) is 11.3 Å². The average molecular weight is 468 g/mol. The highest BCUT2D eigenvalue weighted by atomic mass is 32.1. The number of rotatable bonds is 2. The quantitative estimate of drug-likeness (QED) is 0.489. The number of nitrogens with zero attached hydrogens (tertiary/aromatic N) is 1. The van der Waals surface area contributed by atoms with E-state index >= 15 is 0 Å². The number of ether oxygens (including phenoxy) is 1. The lowest BCUT2D eigenvalue weighted by molar-refractivity contribution is -0.167. The van der Waals surface area contributed by atoms with Crippen LogP contribution in [0.1, 0.15) is 71.0 Å². The molecule has 32 heavy (non-hydrogen) atoms. The third-order valence-electron chi connectivity index (χ3n) is 6.81. The van der Waals surface area contributed by atoms with Crippen LogP contribution in [0.3, 0.4) is 0 Å². The van der Waals surface area contributed by atoms with E-state index in [1.54, 1.807) is 25.2 Å². The van der Waals surface area contributed by atoms with Crippen molar-refractivity contribution in [2.24, 2.45) is 17.3 Å². The van der Waals surface area contributed by atoms with Crippen molar-refractivity contribution < 1.29 is 25.2 Å². The highest BCUT2D eigenvalue weighted by Crippen LogP contribution is 2.36. The normalized spacial score (nSPS) is 36.8. The summed E-state index contributed by atoms with van der Waals surface area (Å²) in [7, 11) is 0. The van der Waals surface area contributed by atoms with E-state index in [4.69, 9.17) is 4.74 Å². The molecule has 1 aromatic heterocycles. The highest BCUT2D eigenvalue weighted by Gasteiger charge is 2.42. The lowest BCUT2D eigenvalue weighted by Crippen LogP contribution is -2.49. The van der Waals surface area contributed by atoms with Crippen LogP contribution in [-0.4, -0.2) is 56.1 Å². The Kier molecular flexibility index (Phi) is 10.1. The summed E-state index contributed by atoms with van der Waals surface area (Å²) in [5.41, 5.74) is 0.875. The third kappa shape index (κ3) is 7.20. The number of hydrogen-bond donors (Lipinski definition) is 4. The molecule has 1 aromatic rings. The van der Waals surface area contributed by atoms with Crippen molar-refractivity contribution in [3.8, 4) is 0 Å². The summed E-state index contributed by atoms with van der Waals surface area (Å²) in [6, 6.07) is 0. The Balaban J connectivity index is 2.27. The summed E-state index contributed by atoms with van der Waals surface area (Å²) in [5.74, 6) is -0.407. The van der Waals surface area contributed by atoms with E-state index in [0.717, 1.165) is 29.1 Å². The molecule has 7 atom stereocenters. The molecule has 0 aromatic carbocycles. The van der Waals surface area contributed by atoms with Crippen molar-refractivity contribution in [3.05, 3.63) is 33.8 Å². The Morgan fingerprint density at radius 2 is 1.88 bits per heavy atom. The summed E-state index contributed by atoms with van der Waals surface area (Å²) < 4.78 is 5.96. The van der Waals surface area contributed by atoms with Crippen LogP contribution in [0, 0.1) is 24.2 Å². The van der Waals surface area contributed by atoms with Crippen LogP contribution < -0.4 is 0 Å². The van der Waals surface area contributed by atoms with Crippen LogP contribution in [0.4, 0.5) is 0 Å². The molecule has 0 fully saturated rings. The molecule has 4 N–H and O–H groups in total. The fraction of sp³-hybridized carbons (Fsp3) is 0.720. The highest BCUT2D eigenvalue weighted by molar-refractivity contribution is 7.09. The zero-order valence-electron chi connectivity index (χ0n) is 20.2. The maximum Gasteiger partial charge on any atom is 0.157 e. The van der Waals surface area contributed by atoms with Gasteiger partial charge < -0.3 is 25.2 Å². The number of aromatic nitrogens is 1. The molecule has 2 heterocycles. The Morgan fingerprint density at radius 1 is 1.19 bits per heavy atom. The minimum atomic E-state index is -1.19. The smallest absolute Gasteiger partial charge is 0.157 e. The van der Waals surface area contributed by atoms with Crippen molar-refractivity contribution in [2.45, 2.75) is 97.9 Å². The van der Waals surface area contributed by atoms with E-state index in [2.05, 4.69) is 11.1 Å². The van der Waals surface area contributed by atoms with Crippen LogP contribution >= 0.6 is 11.3 Å². The second-order valence-electron chi connectivity index (χ2n) is 9.89. The predicted molar refractivity (Wildman–Crippen MR) is 129 cm³/mol. The van der Waals surface area contributed by atoms with Gasteiger partial charge in [-0.05, 0) is 50.7 Å². The van der Waals surface area contributed by atoms with Crippen LogP contribution in [-0.2, 0) is 4.74 Å². The number of aliphatic hydroxyl groups is 4. The molecular formula is C25H41NO5S. The van der Waals surface area contributed by atoms with Crippen molar-refractivity contribution >= 4 is 17.4 Å². The van der Waals surface area contributed by atoms with Crippen LogP contribution in [0.25, 0.3) is 6.08 Å². The minimum absolute atomic E-state index is 0.00884. The van der Waals surface area contributed by atoms with Gasteiger partial charge in [0.05, 0.1) is 35.1 Å². The Labute approximate surface area is 196 Å². The Hall–Kier alpha value is -1.09. The summed E-state index contributed by atoms with van der Waals surface area (Å²) >= 11 is 1.58. The molecule has 2 unspecified atom stereocenters. The summed E-state index contributed by atoms with van der Waals surface area (Å²) in [6.07, 6.45) is 4.03. The molecule has 0 radical (unpaired) electrons. The van der Waals surface area contributed by atoms with Gasteiger partial charge in [-0.1, -0.05) is 39.8 Å². The maximum atomic E-state index is 11.0. The summed E-state index contributed by atoms with van der Waals surface area (Å²) in [6.45, 7) is 11.2. The van der Waals surface area contributed by atoms with Crippen LogP contribution in [0.2, 0.25) is 0 Å². The largest absolute Gasteiger partial charge is 0.392 e. The van der Waals surface area contributed by atoms with Gasteiger partial charge in [-0.2, -0.15) is 0 Å². The molecule has 6 nitrogen and oxygen atoms in total. The first-order valence-corrected chi connectivity index (χ1v) is 12.4. The maximum absolute atomic E-state index is 11.0. The lowest BCUT2D eigenvalue weighted by atomic mass is 9.71. The van der Waals surface area contributed by atoms with Crippen molar-refractivity contribution in [3.63, 3.8) is 0 Å². The van der Waals surface area contributed by atoms with E-state index in [9.17, 15) is 20.4 Å². The fourth-order valence-electron chi connectivity index (χ4n) is 4.31. The predicted octanol–water partition coefficient (Wildman–Crippen LogP) is 4.07.